The lowest BCUT2D eigenvalue weighted by molar-refractivity contribution is -0.00386. The van der Waals surface area contributed by atoms with Crippen LogP contribution in [0.5, 0.6) is 5.75 Å². The Morgan fingerprint density at radius 3 is 2.78 bits per heavy atom. The minimum absolute atomic E-state index is 0.274. The summed E-state index contributed by atoms with van der Waals surface area (Å²) in [5, 5.41) is 10.3. The van der Waals surface area contributed by atoms with Gasteiger partial charge in [0, 0.05) is 24.7 Å². The Morgan fingerprint density at radius 2 is 1.94 bits per heavy atom. The second-order valence-corrected chi connectivity index (χ2v) is 4.90. The number of rotatable bonds is 1. The van der Waals surface area contributed by atoms with Crippen LogP contribution >= 0.6 is 0 Å². The van der Waals surface area contributed by atoms with Gasteiger partial charge in [0.25, 0.3) is 0 Å². The Morgan fingerprint density at radius 1 is 1.17 bits per heavy atom. The van der Waals surface area contributed by atoms with Crippen LogP contribution in [0.25, 0.3) is 0 Å². The summed E-state index contributed by atoms with van der Waals surface area (Å²) in [5.41, 5.74) is 0.910. The highest BCUT2D eigenvalue weighted by atomic mass is 16.5. The van der Waals surface area contributed by atoms with Crippen molar-refractivity contribution in [1.82, 2.24) is 4.90 Å². The molecule has 2 aliphatic heterocycles. The van der Waals surface area contributed by atoms with Crippen LogP contribution in [0.4, 0.5) is 0 Å². The summed E-state index contributed by atoms with van der Waals surface area (Å²) in [6.07, 6.45) is 0.299. The summed E-state index contributed by atoms with van der Waals surface area (Å²) < 4.78 is 11.2. The fraction of sp³-hybridized carbons (Fsp3) is 0.571. The van der Waals surface area contributed by atoms with Crippen molar-refractivity contribution in [3.05, 3.63) is 29.8 Å². The van der Waals surface area contributed by atoms with E-state index in [1.807, 2.05) is 24.3 Å². The number of nitrogens with zero attached hydrogens (tertiary/aromatic N) is 1. The van der Waals surface area contributed by atoms with E-state index >= 15 is 0 Å². The zero-order valence-corrected chi connectivity index (χ0v) is 10.4. The van der Waals surface area contributed by atoms with E-state index < -0.39 is 6.10 Å². The minimum atomic E-state index is -0.434. The van der Waals surface area contributed by atoms with E-state index in [1.54, 1.807) is 0 Å². The van der Waals surface area contributed by atoms with Crippen molar-refractivity contribution in [1.29, 1.82) is 0 Å². The number of benzene rings is 1. The lowest BCUT2D eigenvalue weighted by atomic mass is 10.0. The van der Waals surface area contributed by atoms with Crippen molar-refractivity contribution >= 4 is 0 Å². The molecule has 1 saturated heterocycles. The molecule has 1 aromatic carbocycles. The molecule has 1 N–H and O–H groups in total. The van der Waals surface area contributed by atoms with Gasteiger partial charge in [-0.2, -0.15) is 0 Å². The van der Waals surface area contributed by atoms with Crippen molar-refractivity contribution in [3.8, 4) is 5.75 Å². The van der Waals surface area contributed by atoms with Crippen molar-refractivity contribution in [2.24, 2.45) is 0 Å². The molecule has 2 aliphatic rings. The third-order valence-electron chi connectivity index (χ3n) is 3.77. The van der Waals surface area contributed by atoms with Crippen molar-refractivity contribution in [3.63, 3.8) is 0 Å². The number of ether oxygens (including phenoxy) is 2. The van der Waals surface area contributed by atoms with Gasteiger partial charge in [0.15, 0.2) is 0 Å². The molecule has 0 radical (unpaired) electrons. The summed E-state index contributed by atoms with van der Waals surface area (Å²) in [6, 6.07) is 8.04. The van der Waals surface area contributed by atoms with Crippen LogP contribution in [0.3, 0.4) is 0 Å². The van der Waals surface area contributed by atoms with Gasteiger partial charge in [-0.05, 0) is 12.5 Å². The minimum Gasteiger partial charge on any atom is -0.492 e. The lowest BCUT2D eigenvalue weighted by Crippen LogP contribution is -2.46. The normalized spacial score (nSPS) is 29.2. The summed E-state index contributed by atoms with van der Waals surface area (Å²) in [4.78, 5) is 2.36. The molecule has 3 rings (SSSR count). The van der Waals surface area contributed by atoms with Crippen LogP contribution in [0.1, 0.15) is 18.1 Å². The van der Waals surface area contributed by atoms with E-state index in [4.69, 9.17) is 9.47 Å². The smallest absolute Gasteiger partial charge is 0.125 e. The molecule has 1 aromatic rings. The lowest BCUT2D eigenvalue weighted by Gasteiger charge is -2.33. The molecule has 0 unspecified atom stereocenters. The van der Waals surface area contributed by atoms with E-state index in [9.17, 15) is 5.11 Å². The Bertz CT molecular complexity index is 404. The molecule has 98 valence electrons. The molecule has 2 atom stereocenters. The maximum atomic E-state index is 10.3. The Hall–Kier alpha value is -1.10. The number of hydrogen-bond acceptors (Lipinski definition) is 4. The molecule has 4 heteroatoms. The maximum Gasteiger partial charge on any atom is 0.125 e. The van der Waals surface area contributed by atoms with Crippen molar-refractivity contribution in [2.45, 2.75) is 18.6 Å². The number of hydrogen-bond donors (Lipinski definition) is 1. The number of fused-ring (bicyclic) bond motifs is 1. The average molecular weight is 249 g/mol. The Balaban J connectivity index is 1.75. The number of para-hydroxylation sites is 1. The predicted octanol–water partition coefficient (Wildman–Crippen LogP) is 1.20. The Kier molecular flexibility index (Phi) is 3.50. The Labute approximate surface area is 107 Å². The van der Waals surface area contributed by atoms with Gasteiger partial charge in [-0.25, -0.2) is 0 Å². The highest BCUT2D eigenvalue weighted by molar-refractivity contribution is 5.36. The van der Waals surface area contributed by atoms with Gasteiger partial charge in [0.2, 0.25) is 0 Å². The van der Waals surface area contributed by atoms with E-state index in [1.165, 1.54) is 0 Å². The maximum absolute atomic E-state index is 10.3. The third kappa shape index (κ3) is 2.36. The standard InChI is InChI=1S/C14H19NO3/c16-13-9-11(15-5-7-17-8-6-15)10-18-14-4-2-1-3-12(13)14/h1-4,11,13,16H,5-10H2/t11-,13-/m1/s1. The first kappa shape index (κ1) is 12.0. The van der Waals surface area contributed by atoms with Crippen LogP contribution in [-0.4, -0.2) is 49.0 Å². The zero-order chi connectivity index (χ0) is 12.4. The molecule has 0 saturated carbocycles. The molecular weight excluding hydrogens is 230 g/mol. The van der Waals surface area contributed by atoms with E-state index in [0.717, 1.165) is 44.0 Å². The predicted molar refractivity (Wildman–Crippen MR) is 67.7 cm³/mol. The van der Waals surface area contributed by atoms with Gasteiger partial charge in [0.05, 0.1) is 19.3 Å². The SMILES string of the molecule is O[C@@H]1C[C@@H](N2CCOCC2)COc2ccccc21. The molecular formula is C14H19NO3. The molecule has 4 nitrogen and oxygen atoms in total. The molecule has 0 aromatic heterocycles. The fourth-order valence-electron chi connectivity index (χ4n) is 2.72. The summed E-state index contributed by atoms with van der Waals surface area (Å²) in [7, 11) is 0. The van der Waals surface area contributed by atoms with Crippen molar-refractivity contribution < 1.29 is 14.6 Å². The first-order valence-corrected chi connectivity index (χ1v) is 6.56. The van der Waals surface area contributed by atoms with E-state index in [-0.39, 0.29) is 6.04 Å². The van der Waals surface area contributed by atoms with Crippen molar-refractivity contribution in [2.75, 3.05) is 32.9 Å². The van der Waals surface area contributed by atoms with Crippen LogP contribution < -0.4 is 4.74 Å². The zero-order valence-electron chi connectivity index (χ0n) is 10.4. The molecule has 0 spiro atoms. The average Bonchev–Trinajstić information content (AvgIpc) is 2.60. The first-order valence-electron chi connectivity index (χ1n) is 6.56. The quantitative estimate of drug-likeness (QED) is 0.812. The second-order valence-electron chi connectivity index (χ2n) is 4.90. The van der Waals surface area contributed by atoms with Gasteiger partial charge in [0.1, 0.15) is 12.4 Å². The van der Waals surface area contributed by atoms with E-state index in [0.29, 0.717) is 6.61 Å². The third-order valence-corrected chi connectivity index (χ3v) is 3.77. The van der Waals surface area contributed by atoms with E-state index in [2.05, 4.69) is 4.90 Å². The van der Waals surface area contributed by atoms with Gasteiger partial charge in [-0.15, -0.1) is 0 Å². The molecule has 18 heavy (non-hydrogen) atoms. The molecule has 0 aliphatic carbocycles. The highest BCUT2D eigenvalue weighted by Crippen LogP contribution is 2.32. The monoisotopic (exact) mass is 249 g/mol. The summed E-state index contributed by atoms with van der Waals surface area (Å²) in [5.74, 6) is 0.820. The molecule has 0 bridgehead atoms. The molecule has 1 fully saturated rings. The number of morpholine rings is 1. The number of aliphatic hydroxyl groups excluding tert-OH is 1. The van der Waals surface area contributed by atoms with Crippen LogP contribution in [0.2, 0.25) is 0 Å². The van der Waals surface area contributed by atoms with Gasteiger partial charge in [-0.3, -0.25) is 4.90 Å². The largest absolute Gasteiger partial charge is 0.492 e. The fourth-order valence-corrected chi connectivity index (χ4v) is 2.72. The van der Waals surface area contributed by atoms with Gasteiger partial charge >= 0.3 is 0 Å². The topological polar surface area (TPSA) is 41.9 Å². The van der Waals surface area contributed by atoms with Gasteiger partial charge in [-0.1, -0.05) is 18.2 Å². The molecule has 0 amide bonds. The molecule has 2 heterocycles. The summed E-state index contributed by atoms with van der Waals surface area (Å²) in [6.45, 7) is 4.06. The number of aliphatic hydroxyl groups is 1. The van der Waals surface area contributed by atoms with Crippen LogP contribution in [-0.2, 0) is 4.74 Å². The van der Waals surface area contributed by atoms with Crippen LogP contribution in [0, 0.1) is 0 Å². The van der Waals surface area contributed by atoms with Gasteiger partial charge < -0.3 is 14.6 Å². The van der Waals surface area contributed by atoms with Crippen LogP contribution in [0.15, 0.2) is 24.3 Å². The second kappa shape index (κ2) is 5.26. The first-order chi connectivity index (χ1) is 8.84. The summed E-state index contributed by atoms with van der Waals surface area (Å²) >= 11 is 0. The highest BCUT2D eigenvalue weighted by Gasteiger charge is 2.28.